The topological polar surface area (TPSA) is 75.6 Å². The van der Waals surface area contributed by atoms with Gasteiger partial charge in [-0.15, -0.1) is 0 Å². The van der Waals surface area contributed by atoms with Crippen LogP contribution < -0.4 is 5.32 Å². The van der Waals surface area contributed by atoms with Crippen LogP contribution in [0.2, 0.25) is 0 Å². The van der Waals surface area contributed by atoms with Gasteiger partial charge in [0.2, 0.25) is 0 Å². The van der Waals surface area contributed by atoms with Crippen molar-refractivity contribution in [3.63, 3.8) is 0 Å². The van der Waals surface area contributed by atoms with Gasteiger partial charge in [-0.3, -0.25) is 14.6 Å². The van der Waals surface area contributed by atoms with Crippen LogP contribution in [0.5, 0.6) is 0 Å². The van der Waals surface area contributed by atoms with Crippen molar-refractivity contribution in [3.8, 4) is 11.1 Å². The maximum Gasteiger partial charge on any atom is 0.390 e. The Morgan fingerprint density at radius 2 is 2.08 bits per heavy atom. The molecule has 0 aliphatic rings. The van der Waals surface area contributed by atoms with Crippen molar-refractivity contribution in [2.45, 2.75) is 12.6 Å². The highest BCUT2D eigenvalue weighted by molar-refractivity contribution is 6.05. The zero-order chi connectivity index (χ0) is 18.2. The summed E-state index contributed by atoms with van der Waals surface area (Å²) < 4.78 is 52.3. The number of halogens is 4. The second-order valence-corrected chi connectivity index (χ2v) is 5.48. The molecule has 0 bridgehead atoms. The number of benzene rings is 1. The van der Waals surface area contributed by atoms with Crippen molar-refractivity contribution in [3.05, 3.63) is 36.0 Å². The summed E-state index contributed by atoms with van der Waals surface area (Å²) in [5.41, 5.74) is 0.951. The van der Waals surface area contributed by atoms with Gasteiger partial charge in [0, 0.05) is 30.7 Å². The van der Waals surface area contributed by atoms with Crippen LogP contribution in [-0.4, -0.2) is 38.6 Å². The fraction of sp³-hybridized carbons (Fsp3) is 0.267. The molecular weight excluding hydrogens is 342 g/mol. The van der Waals surface area contributed by atoms with Crippen LogP contribution in [-0.2, 0) is 7.05 Å². The highest BCUT2D eigenvalue weighted by atomic mass is 19.4. The smallest absolute Gasteiger partial charge is 0.350 e. The van der Waals surface area contributed by atoms with Crippen molar-refractivity contribution < 1.29 is 22.4 Å². The van der Waals surface area contributed by atoms with Crippen molar-refractivity contribution >= 4 is 16.8 Å². The van der Waals surface area contributed by atoms with Crippen LogP contribution in [0, 0.1) is 5.82 Å². The number of hydrogen-bond acceptors (Lipinski definition) is 3. The maximum absolute atomic E-state index is 14.2. The Balaban J connectivity index is 1.91. The lowest BCUT2D eigenvalue weighted by Gasteiger charge is -2.07. The number of aryl methyl sites for hydroxylation is 1. The largest absolute Gasteiger partial charge is 0.390 e. The molecule has 132 valence electrons. The van der Waals surface area contributed by atoms with Gasteiger partial charge in [0.25, 0.3) is 5.91 Å². The highest BCUT2D eigenvalue weighted by Crippen LogP contribution is 2.27. The lowest BCUT2D eigenvalue weighted by atomic mass is 10.1. The van der Waals surface area contributed by atoms with Gasteiger partial charge in [-0.1, -0.05) is 0 Å². The predicted molar refractivity (Wildman–Crippen MR) is 81.3 cm³/mol. The maximum atomic E-state index is 14.2. The molecule has 25 heavy (non-hydrogen) atoms. The summed E-state index contributed by atoms with van der Waals surface area (Å²) in [6, 6.07) is 2.81. The standard InChI is InChI=1S/C15H13F4N5O/c1-24-7-9(6-21-24)8-4-10-12(11(16)5-8)22-23-13(10)14(25)20-3-2-15(17,18)19/h4-7H,2-3H2,1H3,(H,20,25)(H,22,23). The molecule has 0 spiro atoms. The molecule has 6 nitrogen and oxygen atoms in total. The minimum absolute atomic E-state index is 0.00797. The zero-order valence-electron chi connectivity index (χ0n) is 13.0. The minimum atomic E-state index is -4.37. The monoisotopic (exact) mass is 355 g/mol. The highest BCUT2D eigenvalue weighted by Gasteiger charge is 2.27. The van der Waals surface area contributed by atoms with Crippen molar-refractivity contribution in [1.29, 1.82) is 0 Å². The molecule has 0 fully saturated rings. The normalized spacial score (nSPS) is 11.9. The molecule has 0 saturated heterocycles. The van der Waals surface area contributed by atoms with Crippen LogP contribution in [0.15, 0.2) is 24.5 Å². The Morgan fingerprint density at radius 1 is 1.32 bits per heavy atom. The average molecular weight is 355 g/mol. The fourth-order valence-corrected chi connectivity index (χ4v) is 2.39. The summed E-state index contributed by atoms with van der Waals surface area (Å²) in [6.07, 6.45) is -2.33. The first-order valence-electron chi connectivity index (χ1n) is 7.26. The van der Waals surface area contributed by atoms with E-state index >= 15 is 0 Å². The molecule has 2 aromatic heterocycles. The number of H-pyrrole nitrogens is 1. The van der Waals surface area contributed by atoms with Crippen LogP contribution in [0.1, 0.15) is 16.9 Å². The number of nitrogens with zero attached hydrogens (tertiary/aromatic N) is 3. The molecular formula is C15H13F4N5O. The quantitative estimate of drug-likeness (QED) is 0.707. The van der Waals surface area contributed by atoms with E-state index in [0.717, 1.165) is 0 Å². The average Bonchev–Trinajstić information content (AvgIpc) is 3.12. The number of nitrogens with one attached hydrogen (secondary N) is 2. The zero-order valence-corrected chi connectivity index (χ0v) is 13.0. The van der Waals surface area contributed by atoms with Gasteiger partial charge in [-0.05, 0) is 17.7 Å². The number of hydrogen-bond donors (Lipinski definition) is 2. The Bertz CT molecular complexity index is 928. The van der Waals surface area contributed by atoms with Crippen LogP contribution in [0.3, 0.4) is 0 Å². The summed E-state index contributed by atoms with van der Waals surface area (Å²) in [6.45, 7) is -0.582. The second-order valence-electron chi connectivity index (χ2n) is 5.48. The summed E-state index contributed by atoms with van der Waals surface area (Å²) in [5, 5.41) is 12.4. The van der Waals surface area contributed by atoms with Crippen LogP contribution in [0.25, 0.3) is 22.0 Å². The van der Waals surface area contributed by atoms with E-state index in [-0.39, 0.29) is 16.6 Å². The Labute approximate surface area is 138 Å². The van der Waals surface area contributed by atoms with Crippen molar-refractivity contribution in [2.75, 3.05) is 6.54 Å². The van der Waals surface area contributed by atoms with Crippen LogP contribution in [0.4, 0.5) is 17.6 Å². The first kappa shape index (κ1) is 16.9. The van der Waals surface area contributed by atoms with E-state index in [1.807, 2.05) is 0 Å². The molecule has 0 aliphatic heterocycles. The summed E-state index contributed by atoms with van der Waals surface area (Å²) in [4.78, 5) is 12.1. The van der Waals surface area contributed by atoms with Gasteiger partial charge < -0.3 is 5.32 Å². The molecule has 2 N–H and O–H groups in total. The van der Waals surface area contributed by atoms with Crippen LogP contribution >= 0.6 is 0 Å². The van der Waals surface area contributed by atoms with E-state index in [1.165, 1.54) is 23.0 Å². The number of alkyl halides is 3. The molecule has 0 radical (unpaired) electrons. The number of amides is 1. The first-order valence-corrected chi connectivity index (χ1v) is 7.26. The number of aromatic nitrogens is 4. The van der Waals surface area contributed by atoms with Crippen molar-refractivity contribution in [1.82, 2.24) is 25.3 Å². The molecule has 0 unspecified atom stereocenters. The third-order valence-electron chi connectivity index (χ3n) is 3.57. The van der Waals surface area contributed by atoms with E-state index in [4.69, 9.17) is 0 Å². The van der Waals surface area contributed by atoms with Gasteiger partial charge in [0.15, 0.2) is 5.69 Å². The predicted octanol–water partition coefficient (Wildman–Crippen LogP) is 2.78. The summed E-state index contributed by atoms with van der Waals surface area (Å²) >= 11 is 0. The molecule has 0 aliphatic carbocycles. The van der Waals surface area contributed by atoms with Gasteiger partial charge >= 0.3 is 6.18 Å². The number of carbonyl (C=O) groups excluding carboxylic acids is 1. The van der Waals surface area contributed by atoms with E-state index in [2.05, 4.69) is 20.6 Å². The molecule has 3 rings (SSSR count). The Hall–Kier alpha value is -2.91. The molecule has 3 aromatic rings. The number of carbonyl (C=O) groups is 1. The molecule has 1 amide bonds. The fourth-order valence-electron chi connectivity index (χ4n) is 2.39. The molecule has 0 atom stereocenters. The Kier molecular flexibility index (Phi) is 4.19. The van der Waals surface area contributed by atoms with Gasteiger partial charge in [-0.2, -0.15) is 23.4 Å². The first-order chi connectivity index (χ1) is 11.7. The molecule has 0 saturated carbocycles. The van der Waals surface area contributed by atoms with Gasteiger partial charge in [0.1, 0.15) is 11.3 Å². The molecule has 1 aromatic carbocycles. The van der Waals surface area contributed by atoms with Gasteiger partial charge in [-0.25, -0.2) is 4.39 Å². The number of fused-ring (bicyclic) bond motifs is 1. The SMILES string of the molecule is Cn1cc(-c2cc(F)c3[nH]nc(C(=O)NCCC(F)(F)F)c3c2)cn1. The lowest BCUT2D eigenvalue weighted by molar-refractivity contribution is -0.132. The molecule has 10 heteroatoms. The number of aromatic amines is 1. The second kappa shape index (κ2) is 6.19. The summed E-state index contributed by atoms with van der Waals surface area (Å²) in [7, 11) is 1.70. The van der Waals surface area contributed by atoms with E-state index in [0.29, 0.717) is 11.1 Å². The summed E-state index contributed by atoms with van der Waals surface area (Å²) in [5.74, 6) is -1.43. The molecule has 2 heterocycles. The minimum Gasteiger partial charge on any atom is -0.350 e. The van der Waals surface area contributed by atoms with E-state index in [9.17, 15) is 22.4 Å². The lowest BCUT2D eigenvalue weighted by Crippen LogP contribution is -2.28. The van der Waals surface area contributed by atoms with Gasteiger partial charge in [0.05, 0.1) is 12.6 Å². The number of rotatable bonds is 4. The van der Waals surface area contributed by atoms with E-state index in [1.54, 1.807) is 13.2 Å². The third-order valence-corrected chi connectivity index (χ3v) is 3.57. The Morgan fingerprint density at radius 3 is 2.72 bits per heavy atom. The van der Waals surface area contributed by atoms with E-state index < -0.39 is 30.9 Å². The third kappa shape index (κ3) is 3.62. The van der Waals surface area contributed by atoms with Crippen molar-refractivity contribution in [2.24, 2.45) is 7.05 Å².